The van der Waals surface area contributed by atoms with Crippen LogP contribution >= 0.6 is 0 Å². The monoisotopic (exact) mass is 388 g/mol. The van der Waals surface area contributed by atoms with Crippen LogP contribution in [-0.4, -0.2) is 22.8 Å². The Hall–Kier alpha value is -0.830. The van der Waals surface area contributed by atoms with Crippen molar-refractivity contribution in [3.8, 4) is 0 Å². The lowest BCUT2D eigenvalue weighted by Gasteiger charge is -2.65. The summed E-state index contributed by atoms with van der Waals surface area (Å²) in [7, 11) is 0. The molecule has 2 bridgehead atoms. The minimum absolute atomic E-state index is 0.00371. The molecule has 0 unspecified atom stereocenters. The Morgan fingerprint density at radius 2 is 1.75 bits per heavy atom. The molecule has 4 saturated carbocycles. The third kappa shape index (κ3) is 2.75. The van der Waals surface area contributed by atoms with Crippen molar-refractivity contribution >= 4 is 5.97 Å². The summed E-state index contributed by atoms with van der Waals surface area (Å²) in [5.74, 6) is 1.63. The number of rotatable bonds is 2. The fourth-order valence-electron chi connectivity index (χ4n) is 8.55. The standard InChI is InChI=1S/C25H40O3/c1-7-16(2)21(26)28-20-11-12-23(5)18(22(20,3)4)10-13-25-14-17(8-9-19(23)25)24(6,27)15-25/h7,17-20,27H,8-15H2,1-6H3/b16-7-/t17-,18-,19-,20-,23-,24-,25+/m1/s1. The lowest BCUT2D eigenvalue weighted by atomic mass is 9.41. The summed E-state index contributed by atoms with van der Waals surface area (Å²) in [5.41, 5.74) is 0.878. The van der Waals surface area contributed by atoms with Crippen molar-refractivity contribution in [3.05, 3.63) is 11.6 Å². The van der Waals surface area contributed by atoms with Gasteiger partial charge in [-0.25, -0.2) is 4.79 Å². The van der Waals surface area contributed by atoms with Gasteiger partial charge in [0.1, 0.15) is 6.10 Å². The van der Waals surface area contributed by atoms with Gasteiger partial charge in [-0.3, -0.25) is 0 Å². The molecule has 4 aliphatic rings. The second kappa shape index (κ2) is 6.33. The molecule has 3 nitrogen and oxygen atoms in total. The van der Waals surface area contributed by atoms with E-state index in [9.17, 15) is 9.90 Å². The molecule has 28 heavy (non-hydrogen) atoms. The molecule has 0 radical (unpaired) electrons. The van der Waals surface area contributed by atoms with Crippen molar-refractivity contribution in [2.24, 2.45) is 34.0 Å². The van der Waals surface area contributed by atoms with Gasteiger partial charge in [0.05, 0.1) is 5.60 Å². The van der Waals surface area contributed by atoms with Crippen LogP contribution in [0.1, 0.15) is 92.9 Å². The first-order valence-corrected chi connectivity index (χ1v) is 11.5. The highest BCUT2D eigenvalue weighted by Crippen LogP contribution is 2.72. The van der Waals surface area contributed by atoms with Gasteiger partial charge < -0.3 is 9.84 Å². The highest BCUT2D eigenvalue weighted by atomic mass is 16.5. The van der Waals surface area contributed by atoms with E-state index < -0.39 is 5.60 Å². The van der Waals surface area contributed by atoms with E-state index in [0.29, 0.717) is 34.2 Å². The number of hydrogen-bond acceptors (Lipinski definition) is 3. The average molecular weight is 389 g/mol. The molecule has 4 aliphatic carbocycles. The van der Waals surface area contributed by atoms with E-state index in [2.05, 4.69) is 27.7 Å². The van der Waals surface area contributed by atoms with Gasteiger partial charge >= 0.3 is 5.97 Å². The third-order valence-electron chi connectivity index (χ3n) is 9.99. The molecule has 0 aromatic heterocycles. The van der Waals surface area contributed by atoms with Crippen LogP contribution < -0.4 is 0 Å². The van der Waals surface area contributed by atoms with Crippen LogP contribution in [0.15, 0.2) is 11.6 Å². The Morgan fingerprint density at radius 3 is 2.43 bits per heavy atom. The number of allylic oxidation sites excluding steroid dienone is 1. The van der Waals surface area contributed by atoms with Crippen LogP contribution in [0, 0.1) is 34.0 Å². The highest BCUT2D eigenvalue weighted by Gasteiger charge is 2.67. The van der Waals surface area contributed by atoms with Gasteiger partial charge in [0.25, 0.3) is 0 Å². The van der Waals surface area contributed by atoms with Crippen LogP contribution in [0.2, 0.25) is 0 Å². The molecule has 0 heterocycles. The maximum atomic E-state index is 12.5. The molecule has 4 fully saturated rings. The molecule has 0 saturated heterocycles. The third-order valence-corrected chi connectivity index (χ3v) is 9.99. The molecule has 7 atom stereocenters. The first-order chi connectivity index (χ1) is 13.0. The smallest absolute Gasteiger partial charge is 0.333 e. The minimum Gasteiger partial charge on any atom is -0.458 e. The molecule has 0 aromatic rings. The van der Waals surface area contributed by atoms with Gasteiger partial charge in [-0.1, -0.05) is 26.8 Å². The number of ether oxygens (including phenoxy) is 1. The van der Waals surface area contributed by atoms with E-state index in [4.69, 9.17) is 4.74 Å². The van der Waals surface area contributed by atoms with E-state index in [-0.39, 0.29) is 17.5 Å². The summed E-state index contributed by atoms with van der Waals surface area (Å²) in [5, 5.41) is 11.0. The molecular formula is C25H40O3. The first kappa shape index (κ1) is 20.4. The van der Waals surface area contributed by atoms with Crippen molar-refractivity contribution in [1.29, 1.82) is 0 Å². The van der Waals surface area contributed by atoms with Gasteiger partial charge in [-0.2, -0.15) is 0 Å². The molecule has 4 rings (SSSR count). The Balaban J connectivity index is 1.60. The SMILES string of the molecule is C/C=C(/C)C(=O)O[C@@H]1CC[C@]2(C)[C@H](CC[C@@]34C[C@@H](CC[C@@H]32)[C@](C)(O)C4)C1(C)C. The second-order valence-electron chi connectivity index (χ2n) is 11.8. The number of carbonyl (C=O) groups excluding carboxylic acids is 1. The predicted octanol–water partition coefficient (Wildman–Crippen LogP) is 5.66. The zero-order valence-corrected chi connectivity index (χ0v) is 18.8. The maximum Gasteiger partial charge on any atom is 0.333 e. The largest absolute Gasteiger partial charge is 0.458 e. The van der Waals surface area contributed by atoms with E-state index in [1.54, 1.807) is 0 Å². The molecule has 3 heteroatoms. The van der Waals surface area contributed by atoms with Crippen LogP contribution in [0.5, 0.6) is 0 Å². The Morgan fingerprint density at radius 1 is 1.04 bits per heavy atom. The zero-order valence-electron chi connectivity index (χ0n) is 18.8. The maximum absolute atomic E-state index is 12.5. The Kier molecular flexibility index (Phi) is 4.62. The van der Waals surface area contributed by atoms with Gasteiger partial charge in [-0.05, 0) is 101 Å². The highest BCUT2D eigenvalue weighted by molar-refractivity contribution is 5.87. The fourth-order valence-corrected chi connectivity index (χ4v) is 8.55. The summed E-state index contributed by atoms with van der Waals surface area (Å²) in [6.45, 7) is 13.0. The van der Waals surface area contributed by atoms with Crippen LogP contribution in [0.3, 0.4) is 0 Å². The fraction of sp³-hybridized carbons (Fsp3) is 0.880. The average Bonchev–Trinajstić information content (AvgIpc) is 2.80. The lowest BCUT2D eigenvalue weighted by Crippen LogP contribution is -2.59. The van der Waals surface area contributed by atoms with Gasteiger partial charge in [-0.15, -0.1) is 0 Å². The van der Waals surface area contributed by atoms with Crippen molar-refractivity contribution in [2.75, 3.05) is 0 Å². The van der Waals surface area contributed by atoms with E-state index in [1.165, 1.54) is 32.1 Å². The van der Waals surface area contributed by atoms with Gasteiger partial charge in [0, 0.05) is 11.0 Å². The van der Waals surface area contributed by atoms with Crippen LogP contribution in [-0.2, 0) is 9.53 Å². The normalized spacial score (nSPS) is 49.9. The van der Waals surface area contributed by atoms with E-state index in [0.717, 1.165) is 19.3 Å². The van der Waals surface area contributed by atoms with Gasteiger partial charge in [0.15, 0.2) is 0 Å². The molecule has 158 valence electrons. The molecule has 0 aromatic carbocycles. The number of aliphatic hydroxyl groups is 1. The summed E-state index contributed by atoms with van der Waals surface area (Å²) in [6, 6.07) is 0. The molecule has 1 spiro atoms. The summed E-state index contributed by atoms with van der Waals surface area (Å²) >= 11 is 0. The summed E-state index contributed by atoms with van der Waals surface area (Å²) in [4.78, 5) is 12.5. The van der Waals surface area contributed by atoms with Crippen LogP contribution in [0.25, 0.3) is 0 Å². The molecule has 0 amide bonds. The number of carbonyl (C=O) groups is 1. The quantitative estimate of drug-likeness (QED) is 0.490. The molecular weight excluding hydrogens is 348 g/mol. The second-order valence-corrected chi connectivity index (χ2v) is 11.8. The predicted molar refractivity (Wildman–Crippen MR) is 112 cm³/mol. The lowest BCUT2D eigenvalue weighted by molar-refractivity contribution is -0.196. The Bertz CT molecular complexity index is 690. The Labute approximate surface area is 171 Å². The van der Waals surface area contributed by atoms with Crippen molar-refractivity contribution in [1.82, 2.24) is 0 Å². The number of esters is 1. The molecule has 0 aliphatic heterocycles. The molecule has 1 N–H and O–H groups in total. The number of fused-ring (bicyclic) bond motifs is 3. The van der Waals surface area contributed by atoms with E-state index >= 15 is 0 Å². The van der Waals surface area contributed by atoms with Crippen molar-refractivity contribution in [2.45, 2.75) is 105 Å². The topological polar surface area (TPSA) is 46.5 Å². The van der Waals surface area contributed by atoms with Crippen molar-refractivity contribution in [3.63, 3.8) is 0 Å². The summed E-state index contributed by atoms with van der Waals surface area (Å²) in [6.07, 6.45) is 11.1. The van der Waals surface area contributed by atoms with Gasteiger partial charge in [0.2, 0.25) is 0 Å². The zero-order chi connectivity index (χ0) is 20.5. The van der Waals surface area contributed by atoms with Crippen LogP contribution in [0.4, 0.5) is 0 Å². The van der Waals surface area contributed by atoms with E-state index in [1.807, 2.05) is 19.9 Å². The number of hydrogen-bond donors (Lipinski definition) is 1. The summed E-state index contributed by atoms with van der Waals surface area (Å²) < 4.78 is 6.03. The first-order valence-electron chi connectivity index (χ1n) is 11.5. The minimum atomic E-state index is -0.468. The van der Waals surface area contributed by atoms with Crippen molar-refractivity contribution < 1.29 is 14.6 Å².